The SMILES string of the molecule is Cc1c(NC(=O)C(C)N2CCC(N)C(C)(C)C2)c(=O)n(-c2ccccc2)n1C.Cl. The van der Waals surface area contributed by atoms with Gasteiger partial charge >= 0.3 is 0 Å². The summed E-state index contributed by atoms with van der Waals surface area (Å²) in [6.07, 6.45) is 0.857. The van der Waals surface area contributed by atoms with Crippen LogP contribution in [0.25, 0.3) is 5.69 Å². The number of aromatic nitrogens is 2. The number of nitrogens with one attached hydrogen (secondary N) is 1. The number of rotatable bonds is 4. The molecule has 3 N–H and O–H groups in total. The van der Waals surface area contributed by atoms with E-state index in [-0.39, 0.29) is 41.4 Å². The van der Waals surface area contributed by atoms with Crippen LogP contribution >= 0.6 is 12.4 Å². The minimum Gasteiger partial charge on any atom is -0.327 e. The highest BCUT2D eigenvalue weighted by Gasteiger charge is 2.37. The molecule has 0 radical (unpaired) electrons. The molecule has 1 aliphatic rings. The molecule has 2 unspecified atom stereocenters. The summed E-state index contributed by atoms with van der Waals surface area (Å²) in [7, 11) is 1.82. The number of likely N-dealkylation sites (tertiary alicyclic amines) is 1. The van der Waals surface area contributed by atoms with Gasteiger partial charge < -0.3 is 11.1 Å². The summed E-state index contributed by atoms with van der Waals surface area (Å²) in [6.45, 7) is 9.52. The topological polar surface area (TPSA) is 85.3 Å². The fourth-order valence-corrected chi connectivity index (χ4v) is 3.85. The number of carbonyl (C=O) groups is 1. The van der Waals surface area contributed by atoms with Crippen molar-refractivity contribution in [1.29, 1.82) is 0 Å². The van der Waals surface area contributed by atoms with E-state index < -0.39 is 0 Å². The molecule has 1 saturated heterocycles. The molecule has 0 spiro atoms. The summed E-state index contributed by atoms with van der Waals surface area (Å²) >= 11 is 0. The molecule has 29 heavy (non-hydrogen) atoms. The number of anilines is 1. The smallest absolute Gasteiger partial charge is 0.295 e. The zero-order chi connectivity index (χ0) is 20.6. The van der Waals surface area contributed by atoms with Gasteiger partial charge in [-0.1, -0.05) is 32.0 Å². The van der Waals surface area contributed by atoms with Gasteiger partial charge in [-0.05, 0) is 37.8 Å². The number of carbonyl (C=O) groups excluding carboxylic acids is 1. The van der Waals surface area contributed by atoms with Crippen LogP contribution < -0.4 is 16.6 Å². The van der Waals surface area contributed by atoms with Crippen LogP contribution in [-0.2, 0) is 11.8 Å². The van der Waals surface area contributed by atoms with Crippen LogP contribution in [0.4, 0.5) is 5.69 Å². The number of hydrogen-bond acceptors (Lipinski definition) is 4. The first-order valence-electron chi connectivity index (χ1n) is 9.78. The Morgan fingerprint density at radius 3 is 2.48 bits per heavy atom. The number of benzene rings is 1. The van der Waals surface area contributed by atoms with Gasteiger partial charge in [0.05, 0.1) is 17.4 Å². The molecule has 1 aliphatic heterocycles. The molecular formula is C21H32ClN5O2. The first kappa shape index (κ1) is 23.2. The van der Waals surface area contributed by atoms with Crippen molar-refractivity contribution in [3.8, 4) is 5.69 Å². The minimum absolute atomic E-state index is 0. The Labute approximate surface area is 178 Å². The van der Waals surface area contributed by atoms with Crippen LogP contribution in [0.3, 0.4) is 0 Å². The van der Waals surface area contributed by atoms with E-state index in [0.29, 0.717) is 5.69 Å². The third-order valence-electron chi connectivity index (χ3n) is 6.07. The molecule has 7 nitrogen and oxygen atoms in total. The van der Waals surface area contributed by atoms with Crippen LogP contribution in [0.2, 0.25) is 0 Å². The van der Waals surface area contributed by atoms with E-state index in [1.165, 1.54) is 0 Å². The number of halogens is 1. The van der Waals surface area contributed by atoms with Crippen molar-refractivity contribution in [2.24, 2.45) is 18.2 Å². The van der Waals surface area contributed by atoms with Crippen molar-refractivity contribution in [1.82, 2.24) is 14.3 Å². The van der Waals surface area contributed by atoms with Gasteiger partial charge in [0.25, 0.3) is 5.56 Å². The standard InChI is InChI=1S/C21H31N5O2.ClH/c1-14-18(20(28)26(24(14)5)16-9-7-6-8-10-16)23-19(27)15(2)25-12-11-17(22)21(3,4)13-25;/h6-10,15,17H,11-13,22H2,1-5H3,(H,23,27);1H. The second kappa shape index (κ2) is 8.73. The van der Waals surface area contributed by atoms with Crippen molar-refractivity contribution >= 4 is 24.0 Å². The minimum atomic E-state index is -0.337. The van der Waals surface area contributed by atoms with Gasteiger partial charge in [0, 0.05) is 26.2 Å². The van der Waals surface area contributed by atoms with E-state index in [1.54, 1.807) is 9.36 Å². The Bertz CT molecular complexity index is 919. The number of para-hydroxylation sites is 1. The average molecular weight is 422 g/mol. The van der Waals surface area contributed by atoms with Gasteiger partial charge in [0.2, 0.25) is 5.91 Å². The lowest BCUT2D eigenvalue weighted by molar-refractivity contribution is -0.122. The predicted molar refractivity (Wildman–Crippen MR) is 119 cm³/mol. The number of nitrogens with zero attached hydrogens (tertiary/aromatic N) is 3. The quantitative estimate of drug-likeness (QED) is 0.793. The first-order chi connectivity index (χ1) is 13.1. The molecule has 8 heteroatoms. The lowest BCUT2D eigenvalue weighted by Gasteiger charge is -2.44. The van der Waals surface area contributed by atoms with E-state index >= 15 is 0 Å². The zero-order valence-electron chi connectivity index (χ0n) is 17.8. The molecule has 2 heterocycles. The second-order valence-corrected chi connectivity index (χ2v) is 8.46. The highest BCUT2D eigenvalue weighted by molar-refractivity contribution is 5.95. The third-order valence-corrected chi connectivity index (χ3v) is 6.07. The van der Waals surface area contributed by atoms with Gasteiger partial charge in [0.15, 0.2) is 0 Å². The van der Waals surface area contributed by atoms with E-state index in [2.05, 4.69) is 24.1 Å². The summed E-state index contributed by atoms with van der Waals surface area (Å²) in [4.78, 5) is 28.1. The normalized spacial score (nSPS) is 20.0. The Balaban J connectivity index is 0.00000300. The molecule has 1 amide bonds. The maximum Gasteiger partial charge on any atom is 0.295 e. The van der Waals surface area contributed by atoms with E-state index in [4.69, 9.17) is 5.73 Å². The Morgan fingerprint density at radius 2 is 1.90 bits per heavy atom. The van der Waals surface area contributed by atoms with Crippen LogP contribution in [0.1, 0.15) is 32.9 Å². The summed E-state index contributed by atoms with van der Waals surface area (Å²) in [5.74, 6) is -0.169. The van der Waals surface area contributed by atoms with Gasteiger partial charge in [0.1, 0.15) is 5.69 Å². The molecule has 1 fully saturated rings. The molecule has 2 atom stereocenters. The molecule has 1 aromatic carbocycles. The molecular weight excluding hydrogens is 390 g/mol. The molecule has 2 aromatic rings. The number of nitrogens with two attached hydrogens (primary N) is 1. The summed E-state index contributed by atoms with van der Waals surface area (Å²) in [5, 5.41) is 2.88. The van der Waals surface area contributed by atoms with Gasteiger partial charge in [-0.15, -0.1) is 12.4 Å². The zero-order valence-corrected chi connectivity index (χ0v) is 18.6. The molecule has 1 aromatic heterocycles. The molecule has 0 aliphatic carbocycles. The van der Waals surface area contributed by atoms with Crippen molar-refractivity contribution in [2.75, 3.05) is 18.4 Å². The van der Waals surface area contributed by atoms with Crippen LogP contribution in [-0.4, -0.2) is 45.3 Å². The largest absolute Gasteiger partial charge is 0.327 e. The van der Waals surface area contributed by atoms with E-state index in [0.717, 1.165) is 30.9 Å². The van der Waals surface area contributed by atoms with Gasteiger partial charge in [-0.3, -0.25) is 19.2 Å². The third kappa shape index (κ3) is 4.42. The highest BCUT2D eigenvalue weighted by Crippen LogP contribution is 2.29. The fourth-order valence-electron chi connectivity index (χ4n) is 3.85. The second-order valence-electron chi connectivity index (χ2n) is 8.46. The monoisotopic (exact) mass is 421 g/mol. The van der Waals surface area contributed by atoms with Crippen LogP contribution in [0.15, 0.2) is 35.1 Å². The highest BCUT2D eigenvalue weighted by atomic mass is 35.5. The molecule has 3 rings (SSSR count). The molecule has 160 valence electrons. The Hall–Kier alpha value is -2.09. The summed E-state index contributed by atoms with van der Waals surface area (Å²) < 4.78 is 3.33. The van der Waals surface area contributed by atoms with Crippen molar-refractivity contribution in [3.05, 3.63) is 46.4 Å². The number of piperidine rings is 1. The maximum atomic E-state index is 13.0. The van der Waals surface area contributed by atoms with Crippen molar-refractivity contribution in [2.45, 2.75) is 46.2 Å². The summed E-state index contributed by atoms with van der Waals surface area (Å²) in [5.41, 5.74) is 7.75. The Morgan fingerprint density at radius 1 is 1.28 bits per heavy atom. The van der Waals surface area contributed by atoms with Crippen molar-refractivity contribution < 1.29 is 4.79 Å². The maximum absolute atomic E-state index is 13.0. The van der Waals surface area contributed by atoms with Crippen molar-refractivity contribution in [3.63, 3.8) is 0 Å². The van der Waals surface area contributed by atoms with E-state index in [9.17, 15) is 9.59 Å². The van der Waals surface area contributed by atoms with Gasteiger partial charge in [-0.2, -0.15) is 0 Å². The lowest BCUT2D eigenvalue weighted by atomic mass is 9.79. The predicted octanol–water partition coefficient (Wildman–Crippen LogP) is 2.29. The van der Waals surface area contributed by atoms with Gasteiger partial charge in [-0.25, -0.2) is 4.68 Å². The average Bonchev–Trinajstić information content (AvgIpc) is 2.87. The summed E-state index contributed by atoms with van der Waals surface area (Å²) in [6, 6.07) is 9.20. The van der Waals surface area contributed by atoms with E-state index in [1.807, 2.05) is 51.2 Å². The molecule has 0 bridgehead atoms. The molecule has 0 saturated carbocycles. The number of amides is 1. The number of hydrogen-bond donors (Lipinski definition) is 2. The first-order valence-corrected chi connectivity index (χ1v) is 9.78. The van der Waals surface area contributed by atoms with Crippen LogP contribution in [0, 0.1) is 12.3 Å². The fraction of sp³-hybridized carbons (Fsp3) is 0.524. The van der Waals surface area contributed by atoms with Crippen LogP contribution in [0.5, 0.6) is 0 Å². The lowest BCUT2D eigenvalue weighted by Crippen LogP contribution is -2.56. The Kier molecular flexibility index (Phi) is 6.98.